The van der Waals surface area contributed by atoms with E-state index in [2.05, 4.69) is 35.6 Å². The zero-order valence-electron chi connectivity index (χ0n) is 11.9. The molecule has 0 amide bonds. The third-order valence-corrected chi connectivity index (χ3v) is 5.35. The molecule has 0 aromatic carbocycles. The molecule has 0 spiro atoms. The van der Waals surface area contributed by atoms with Gasteiger partial charge in [-0.25, -0.2) is 9.97 Å². The van der Waals surface area contributed by atoms with E-state index >= 15 is 0 Å². The van der Waals surface area contributed by atoms with Crippen molar-refractivity contribution >= 4 is 39.0 Å². The molecule has 1 aliphatic heterocycles. The number of morpholine rings is 1. The molecule has 1 saturated heterocycles. The summed E-state index contributed by atoms with van der Waals surface area (Å²) in [4.78, 5) is 13.6. The smallest absolute Gasteiger partial charge is 0.141 e. The van der Waals surface area contributed by atoms with Crippen molar-refractivity contribution < 1.29 is 4.74 Å². The Labute approximate surface area is 127 Å². The van der Waals surface area contributed by atoms with E-state index in [0.29, 0.717) is 18.5 Å². The highest BCUT2D eigenvalue weighted by Gasteiger charge is 2.28. The molecule has 20 heavy (non-hydrogen) atoms. The predicted molar refractivity (Wildman–Crippen MR) is 84.2 cm³/mol. The highest BCUT2D eigenvalue weighted by atomic mass is 35.5. The topological polar surface area (TPSA) is 38.2 Å². The van der Waals surface area contributed by atoms with Crippen LogP contribution in [0.2, 0.25) is 0 Å². The second-order valence-corrected chi connectivity index (χ2v) is 6.78. The van der Waals surface area contributed by atoms with Crippen molar-refractivity contribution in [2.75, 3.05) is 23.9 Å². The number of rotatable bonds is 2. The summed E-state index contributed by atoms with van der Waals surface area (Å²) >= 11 is 7.68. The standard InChI is InChI=1S/C14H18ClN3OS/c1-8-6-19-11(4-15)5-18(8)13-12-9(2)10(3)20-14(12)17-7-16-13/h7-8,11H,4-6H2,1-3H3. The second kappa shape index (κ2) is 5.47. The van der Waals surface area contributed by atoms with Gasteiger partial charge in [0.25, 0.3) is 0 Å². The zero-order valence-corrected chi connectivity index (χ0v) is 13.5. The minimum absolute atomic E-state index is 0.0675. The van der Waals surface area contributed by atoms with Crippen LogP contribution in [0.4, 0.5) is 5.82 Å². The Hall–Kier alpha value is -0.910. The first-order chi connectivity index (χ1) is 9.61. The van der Waals surface area contributed by atoms with Crippen molar-refractivity contribution in [3.05, 3.63) is 16.8 Å². The SMILES string of the molecule is Cc1sc2ncnc(N3CC(CCl)OCC3C)c2c1C. The van der Waals surface area contributed by atoms with Crippen LogP contribution in [-0.2, 0) is 4.74 Å². The van der Waals surface area contributed by atoms with Gasteiger partial charge in [-0.1, -0.05) is 0 Å². The molecule has 1 fully saturated rings. The van der Waals surface area contributed by atoms with Crippen LogP contribution < -0.4 is 4.90 Å². The molecule has 0 aliphatic carbocycles. The maximum absolute atomic E-state index is 5.95. The Bertz CT molecular complexity index is 630. The van der Waals surface area contributed by atoms with Crippen molar-refractivity contribution in [1.82, 2.24) is 9.97 Å². The van der Waals surface area contributed by atoms with Gasteiger partial charge in [0.2, 0.25) is 0 Å². The summed E-state index contributed by atoms with van der Waals surface area (Å²) in [6.45, 7) is 7.91. The molecular formula is C14H18ClN3OS. The predicted octanol–water partition coefficient (Wildman–Crippen LogP) is 3.14. The van der Waals surface area contributed by atoms with Crippen LogP contribution in [0.1, 0.15) is 17.4 Å². The van der Waals surface area contributed by atoms with E-state index in [1.165, 1.54) is 15.8 Å². The first-order valence-corrected chi connectivity index (χ1v) is 8.11. The molecule has 0 N–H and O–H groups in total. The van der Waals surface area contributed by atoms with E-state index in [1.807, 2.05) is 0 Å². The van der Waals surface area contributed by atoms with Crippen molar-refractivity contribution in [3.8, 4) is 0 Å². The van der Waals surface area contributed by atoms with Crippen molar-refractivity contribution in [3.63, 3.8) is 0 Å². The summed E-state index contributed by atoms with van der Waals surface area (Å²) in [5, 5.41) is 1.18. The Morgan fingerprint density at radius 2 is 2.25 bits per heavy atom. The number of nitrogens with zero attached hydrogens (tertiary/aromatic N) is 3. The monoisotopic (exact) mass is 311 g/mol. The van der Waals surface area contributed by atoms with Gasteiger partial charge in [0.05, 0.1) is 30.0 Å². The van der Waals surface area contributed by atoms with Gasteiger partial charge in [-0.3, -0.25) is 0 Å². The number of hydrogen-bond acceptors (Lipinski definition) is 5. The minimum atomic E-state index is 0.0675. The van der Waals surface area contributed by atoms with E-state index in [0.717, 1.165) is 17.2 Å². The molecule has 2 unspecified atom stereocenters. The lowest BCUT2D eigenvalue weighted by Gasteiger charge is -2.38. The van der Waals surface area contributed by atoms with Crippen molar-refractivity contribution in [2.45, 2.75) is 32.9 Å². The number of alkyl halides is 1. The lowest BCUT2D eigenvalue weighted by molar-refractivity contribution is 0.0362. The van der Waals surface area contributed by atoms with Crippen molar-refractivity contribution in [2.24, 2.45) is 0 Å². The average molecular weight is 312 g/mol. The number of aryl methyl sites for hydroxylation is 2. The maximum Gasteiger partial charge on any atom is 0.141 e. The van der Waals surface area contributed by atoms with Crippen molar-refractivity contribution in [1.29, 1.82) is 0 Å². The van der Waals surface area contributed by atoms with Crippen LogP contribution in [-0.4, -0.2) is 41.1 Å². The molecule has 0 radical (unpaired) electrons. The molecule has 108 valence electrons. The summed E-state index contributed by atoms with van der Waals surface area (Å²) in [5.41, 5.74) is 1.28. The van der Waals surface area contributed by atoms with Gasteiger partial charge in [-0.15, -0.1) is 22.9 Å². The van der Waals surface area contributed by atoms with Crippen LogP contribution in [0, 0.1) is 13.8 Å². The molecule has 1 aliphatic rings. The summed E-state index contributed by atoms with van der Waals surface area (Å²) in [7, 11) is 0. The number of anilines is 1. The van der Waals surface area contributed by atoms with Crippen LogP contribution in [0.25, 0.3) is 10.2 Å². The largest absolute Gasteiger partial charge is 0.373 e. The fourth-order valence-corrected chi connectivity index (χ4v) is 3.77. The Morgan fingerprint density at radius 1 is 1.45 bits per heavy atom. The highest BCUT2D eigenvalue weighted by molar-refractivity contribution is 7.18. The maximum atomic E-state index is 5.95. The van der Waals surface area contributed by atoms with Gasteiger partial charge in [-0.2, -0.15) is 0 Å². The average Bonchev–Trinajstić information content (AvgIpc) is 2.75. The molecule has 0 saturated carbocycles. The number of ether oxygens (including phenoxy) is 1. The number of hydrogen-bond donors (Lipinski definition) is 0. The summed E-state index contributed by atoms with van der Waals surface area (Å²) < 4.78 is 5.72. The minimum Gasteiger partial charge on any atom is -0.373 e. The van der Waals surface area contributed by atoms with E-state index in [1.54, 1.807) is 17.7 Å². The van der Waals surface area contributed by atoms with E-state index in [4.69, 9.17) is 16.3 Å². The lowest BCUT2D eigenvalue weighted by atomic mass is 10.1. The van der Waals surface area contributed by atoms with Crippen LogP contribution in [0.15, 0.2) is 6.33 Å². The molecule has 3 heterocycles. The normalized spacial score (nSPS) is 23.5. The molecule has 2 aromatic rings. The molecule has 4 nitrogen and oxygen atoms in total. The quantitative estimate of drug-likeness (QED) is 0.799. The fourth-order valence-electron chi connectivity index (χ4n) is 2.59. The van der Waals surface area contributed by atoms with E-state index in [9.17, 15) is 0 Å². The van der Waals surface area contributed by atoms with E-state index < -0.39 is 0 Å². The third kappa shape index (κ3) is 2.28. The lowest BCUT2D eigenvalue weighted by Crippen LogP contribution is -2.49. The summed E-state index contributed by atoms with van der Waals surface area (Å²) in [5.74, 6) is 1.53. The molecular weight excluding hydrogens is 294 g/mol. The number of fused-ring (bicyclic) bond motifs is 1. The van der Waals surface area contributed by atoms with Gasteiger partial charge >= 0.3 is 0 Å². The van der Waals surface area contributed by atoms with Gasteiger partial charge in [0.1, 0.15) is 17.0 Å². The van der Waals surface area contributed by atoms with Crippen LogP contribution in [0.3, 0.4) is 0 Å². The molecule has 6 heteroatoms. The number of aromatic nitrogens is 2. The molecule has 2 atom stereocenters. The first kappa shape index (κ1) is 14.0. The zero-order chi connectivity index (χ0) is 14.3. The third-order valence-electron chi connectivity index (χ3n) is 3.90. The first-order valence-electron chi connectivity index (χ1n) is 6.76. The van der Waals surface area contributed by atoms with Crippen LogP contribution in [0.5, 0.6) is 0 Å². The second-order valence-electron chi connectivity index (χ2n) is 5.27. The van der Waals surface area contributed by atoms with Gasteiger partial charge in [-0.05, 0) is 26.3 Å². The number of halogens is 1. The Morgan fingerprint density at radius 3 is 3.00 bits per heavy atom. The van der Waals surface area contributed by atoms with E-state index in [-0.39, 0.29) is 6.10 Å². The molecule has 3 rings (SSSR count). The Kier molecular flexibility index (Phi) is 3.84. The highest BCUT2D eigenvalue weighted by Crippen LogP contribution is 2.35. The summed E-state index contributed by atoms with van der Waals surface area (Å²) in [6.07, 6.45) is 1.73. The Balaban J connectivity index is 2.08. The summed E-state index contributed by atoms with van der Waals surface area (Å²) in [6, 6.07) is 0.298. The molecule has 0 bridgehead atoms. The fraction of sp³-hybridized carbons (Fsp3) is 0.571. The van der Waals surface area contributed by atoms with Crippen LogP contribution >= 0.6 is 22.9 Å². The molecule has 2 aromatic heterocycles. The van der Waals surface area contributed by atoms with Gasteiger partial charge in [0.15, 0.2) is 0 Å². The number of thiophene rings is 1. The van der Waals surface area contributed by atoms with Gasteiger partial charge < -0.3 is 9.64 Å². The van der Waals surface area contributed by atoms with Gasteiger partial charge in [0, 0.05) is 11.4 Å².